The van der Waals surface area contributed by atoms with Crippen LogP contribution in [-0.4, -0.2) is 155 Å². The summed E-state index contributed by atoms with van der Waals surface area (Å²) in [4.78, 5) is 43.1. The van der Waals surface area contributed by atoms with E-state index in [1.807, 2.05) is 13.8 Å². The molecule has 18 atom stereocenters. The summed E-state index contributed by atoms with van der Waals surface area (Å²) in [7, 11) is 0. The van der Waals surface area contributed by atoms with E-state index in [1.54, 1.807) is 27.7 Å². The summed E-state index contributed by atoms with van der Waals surface area (Å²) in [5.74, 6) is -2.05. The van der Waals surface area contributed by atoms with E-state index in [-0.39, 0.29) is 43.2 Å². The Hall–Kier alpha value is -1.77. The largest absolute Gasteiger partial charge is 0.394 e. The summed E-state index contributed by atoms with van der Waals surface area (Å²) in [5.41, 5.74) is -5.47. The van der Waals surface area contributed by atoms with E-state index in [1.165, 1.54) is 6.92 Å². The molecule has 6 aliphatic rings. The van der Waals surface area contributed by atoms with Gasteiger partial charge in [-0.2, -0.15) is 0 Å². The number of rotatable bonds is 11. The number of fused-ring (bicyclic) bond motifs is 5. The summed E-state index contributed by atoms with van der Waals surface area (Å²) >= 11 is 0. The molecule has 2 aliphatic heterocycles. The lowest BCUT2D eigenvalue weighted by molar-refractivity contribution is -0.323. The number of allylic oxidation sites excluding steroid dienone is 2. The molecule has 330 valence electrons. The van der Waals surface area contributed by atoms with Crippen LogP contribution in [0, 0.1) is 39.4 Å². The summed E-state index contributed by atoms with van der Waals surface area (Å²) in [6.45, 7) is 13.2. The highest BCUT2D eigenvalue weighted by molar-refractivity contribution is 5.95. The van der Waals surface area contributed by atoms with Crippen LogP contribution in [0.5, 0.6) is 0 Å². The van der Waals surface area contributed by atoms with Gasteiger partial charge in [-0.05, 0) is 89.4 Å². The number of aliphatic hydroxyl groups is 9. The van der Waals surface area contributed by atoms with Crippen LogP contribution < -0.4 is 0 Å². The molecule has 4 aliphatic carbocycles. The molecule has 0 aromatic heterocycles. The second-order valence-corrected chi connectivity index (χ2v) is 20.0. The predicted molar refractivity (Wildman–Crippen MR) is 202 cm³/mol. The number of carbonyl (C=O) groups excluding carboxylic acids is 3. The van der Waals surface area contributed by atoms with Gasteiger partial charge in [0.05, 0.1) is 18.8 Å². The number of ketones is 3. The van der Waals surface area contributed by atoms with Crippen molar-refractivity contribution >= 4 is 17.3 Å². The van der Waals surface area contributed by atoms with Crippen LogP contribution in [0.4, 0.5) is 0 Å². The Labute approximate surface area is 339 Å². The zero-order valence-electron chi connectivity index (χ0n) is 34.9. The molecular weight excluding hydrogens is 760 g/mol. The fourth-order valence-electron chi connectivity index (χ4n) is 12.1. The van der Waals surface area contributed by atoms with Crippen molar-refractivity contribution in [1.29, 1.82) is 0 Å². The minimum absolute atomic E-state index is 0.0472. The van der Waals surface area contributed by atoms with E-state index in [0.29, 0.717) is 19.3 Å². The first kappa shape index (κ1) is 45.7. The van der Waals surface area contributed by atoms with E-state index in [0.717, 1.165) is 5.57 Å². The molecule has 5 fully saturated rings. The van der Waals surface area contributed by atoms with Crippen molar-refractivity contribution in [1.82, 2.24) is 0 Å². The van der Waals surface area contributed by atoms with E-state index in [2.05, 4.69) is 13.0 Å². The average Bonchev–Trinajstić information content (AvgIpc) is 3.43. The first-order valence-corrected chi connectivity index (χ1v) is 20.7. The van der Waals surface area contributed by atoms with Crippen LogP contribution in [0.25, 0.3) is 0 Å². The molecule has 2 heterocycles. The van der Waals surface area contributed by atoms with Crippen molar-refractivity contribution in [3.05, 3.63) is 11.6 Å². The van der Waals surface area contributed by atoms with Crippen LogP contribution in [0.1, 0.15) is 100 Å². The van der Waals surface area contributed by atoms with Crippen molar-refractivity contribution in [2.75, 3.05) is 13.2 Å². The van der Waals surface area contributed by atoms with Gasteiger partial charge in [-0.25, -0.2) is 0 Å². The zero-order valence-corrected chi connectivity index (χ0v) is 34.9. The number of hydrogen-bond donors (Lipinski definition) is 9. The zero-order chi connectivity index (χ0) is 43.3. The molecular formula is C42H66O16. The van der Waals surface area contributed by atoms with E-state index < -0.39 is 131 Å². The van der Waals surface area contributed by atoms with Gasteiger partial charge in [0.25, 0.3) is 0 Å². The first-order chi connectivity index (χ1) is 26.7. The second-order valence-electron chi connectivity index (χ2n) is 20.0. The van der Waals surface area contributed by atoms with E-state index in [4.69, 9.17) is 18.9 Å². The molecule has 0 amide bonds. The van der Waals surface area contributed by atoms with Gasteiger partial charge >= 0.3 is 0 Å². The molecule has 0 unspecified atom stereocenters. The van der Waals surface area contributed by atoms with Crippen molar-refractivity contribution in [2.45, 2.75) is 179 Å². The van der Waals surface area contributed by atoms with Gasteiger partial charge in [-0.1, -0.05) is 32.4 Å². The number of aliphatic hydroxyl groups excluding tert-OH is 8. The molecule has 9 N–H and O–H groups in total. The topological polar surface area (TPSA) is 270 Å². The molecule has 16 nitrogen and oxygen atoms in total. The highest BCUT2D eigenvalue weighted by Gasteiger charge is 2.73. The maximum atomic E-state index is 14.9. The first-order valence-electron chi connectivity index (χ1n) is 20.7. The fraction of sp³-hybridized carbons (Fsp3) is 0.881. The minimum atomic E-state index is -1.83. The molecule has 0 bridgehead atoms. The Morgan fingerprint density at radius 1 is 0.828 bits per heavy atom. The highest BCUT2D eigenvalue weighted by Crippen LogP contribution is 2.74. The lowest BCUT2D eigenvalue weighted by Gasteiger charge is -2.64. The molecule has 3 saturated carbocycles. The van der Waals surface area contributed by atoms with Gasteiger partial charge in [0, 0.05) is 29.6 Å². The van der Waals surface area contributed by atoms with Crippen LogP contribution in [0.3, 0.4) is 0 Å². The lowest BCUT2D eigenvalue weighted by Crippen LogP contribution is -2.66. The summed E-state index contributed by atoms with van der Waals surface area (Å²) < 4.78 is 23.2. The van der Waals surface area contributed by atoms with Gasteiger partial charge in [-0.15, -0.1) is 0 Å². The normalized spacial score (nSPS) is 47.7. The fourth-order valence-corrected chi connectivity index (χ4v) is 12.1. The van der Waals surface area contributed by atoms with Crippen LogP contribution in [0.15, 0.2) is 11.6 Å². The smallest absolute Gasteiger partial charge is 0.187 e. The van der Waals surface area contributed by atoms with Crippen molar-refractivity contribution in [2.24, 2.45) is 39.4 Å². The molecule has 2 saturated heterocycles. The van der Waals surface area contributed by atoms with Crippen molar-refractivity contribution in [3.63, 3.8) is 0 Å². The lowest BCUT2D eigenvalue weighted by atomic mass is 9.38. The molecule has 0 aromatic carbocycles. The Morgan fingerprint density at radius 2 is 1.38 bits per heavy atom. The molecule has 0 radical (unpaired) electrons. The SMILES string of the molecule is CC(C)(CCC(=O)[C@](C)(O)[C@H]1CC[C@@]2(C)[C@@H]3CC=C4[C@@H](C[C@H](O[C@@H]5O[C@H](CO)[C@@H](O)[C@H](O)[C@H]5O)C(=O)C4(C)C)[C@]3(C)C(=O)C[C@]12C)O[C@@H]1O[C@H](CO)[C@@H](O)[C@H](O)[C@H]1O. The number of carbonyl (C=O) groups is 3. The van der Waals surface area contributed by atoms with Gasteiger partial charge in [0.1, 0.15) is 66.3 Å². The van der Waals surface area contributed by atoms with Crippen molar-refractivity contribution < 1.29 is 79.3 Å². The minimum Gasteiger partial charge on any atom is -0.394 e. The summed E-state index contributed by atoms with van der Waals surface area (Å²) in [5, 5.41) is 93.8. The van der Waals surface area contributed by atoms with Crippen molar-refractivity contribution in [3.8, 4) is 0 Å². The third-order valence-corrected chi connectivity index (χ3v) is 16.0. The quantitative estimate of drug-likeness (QED) is 0.122. The maximum absolute atomic E-state index is 14.9. The average molecular weight is 827 g/mol. The van der Waals surface area contributed by atoms with E-state index in [9.17, 15) is 60.3 Å². The standard InChI is InChI=1S/C42H66O16/c1-37(2,58-36-33(52)31(50)29(48)23(18-44)57-36)13-12-26(45)42(8,54)25-11-14-39(5)24-10-9-19-20(41(24,7)27(46)16-40(25,39)6)15-21(34(53)38(19,3)4)55-35-32(51)30(49)28(47)22(17-43)56-35/h9,20-25,28-33,35-36,43-44,47-52,54H,10-18H2,1-8H3/t20-,21+,22-,23-,24+,25+,28-,29-,30+,31+,32-,33-,35-,36+,39+,40-,41+,42-/m1/s1. The summed E-state index contributed by atoms with van der Waals surface area (Å²) in [6, 6.07) is 0. The van der Waals surface area contributed by atoms with Crippen LogP contribution in [0.2, 0.25) is 0 Å². The number of hydrogen-bond acceptors (Lipinski definition) is 16. The van der Waals surface area contributed by atoms with E-state index >= 15 is 0 Å². The Kier molecular flexibility index (Phi) is 12.3. The molecule has 58 heavy (non-hydrogen) atoms. The Balaban J connectivity index is 1.20. The second kappa shape index (κ2) is 15.5. The monoisotopic (exact) mass is 826 g/mol. The van der Waals surface area contributed by atoms with Gasteiger partial charge in [0.2, 0.25) is 0 Å². The molecule has 0 spiro atoms. The van der Waals surface area contributed by atoms with Gasteiger partial charge in [-0.3, -0.25) is 14.4 Å². The summed E-state index contributed by atoms with van der Waals surface area (Å²) in [6.07, 6.45) is -12.4. The number of Topliss-reactive ketones (excluding diaryl/α,β-unsaturated/α-hetero) is 3. The number of ether oxygens (including phenoxy) is 4. The molecule has 0 aromatic rings. The predicted octanol–water partition coefficient (Wildman–Crippen LogP) is -0.170. The third kappa shape index (κ3) is 6.99. The molecule has 6 rings (SSSR count). The Morgan fingerprint density at radius 3 is 1.95 bits per heavy atom. The van der Waals surface area contributed by atoms with Gasteiger partial charge in [0.15, 0.2) is 24.1 Å². The highest BCUT2D eigenvalue weighted by atomic mass is 16.7. The maximum Gasteiger partial charge on any atom is 0.187 e. The third-order valence-electron chi connectivity index (χ3n) is 16.0. The van der Waals surface area contributed by atoms with Crippen LogP contribution in [-0.2, 0) is 33.3 Å². The Bertz CT molecular complexity index is 1620. The molecule has 16 heteroatoms. The van der Waals surface area contributed by atoms with Crippen LogP contribution >= 0.6 is 0 Å². The van der Waals surface area contributed by atoms with Gasteiger partial charge < -0.3 is 64.9 Å².